The molecule has 201 valence electrons. The second-order valence-corrected chi connectivity index (χ2v) is 19.0. The molecule has 0 aliphatic heterocycles. The van der Waals surface area contributed by atoms with Crippen molar-refractivity contribution in [3.05, 3.63) is 102 Å². The SMILES string of the molecule is CC(C)[PH+](CCC[PH+](C(C)C)C(C)C)C(C)C.[Co].c1ccc(C(c2ccccc2)[c-]2cccc2)cc1. The molecule has 0 spiro atoms. The van der Waals surface area contributed by atoms with Gasteiger partial charge in [0, 0.05) is 39.0 Å². The van der Waals surface area contributed by atoms with E-state index in [1.165, 1.54) is 23.1 Å². The summed E-state index contributed by atoms with van der Waals surface area (Å²) in [6.45, 7) is 19.5. The van der Waals surface area contributed by atoms with Crippen LogP contribution in [-0.2, 0) is 16.8 Å². The molecule has 0 aliphatic rings. The summed E-state index contributed by atoms with van der Waals surface area (Å²) in [5.74, 6) is 0.336. The molecule has 0 aromatic heterocycles. The maximum Gasteiger partial charge on any atom is 0.0621 e. The first-order chi connectivity index (χ1) is 16.7. The van der Waals surface area contributed by atoms with Gasteiger partial charge in [0.15, 0.2) is 0 Å². The Morgan fingerprint density at radius 3 is 1.17 bits per heavy atom. The first-order valence-electron chi connectivity index (χ1n) is 13.7. The van der Waals surface area contributed by atoms with Crippen LogP contribution in [0.5, 0.6) is 0 Å². The largest absolute Gasteiger partial charge is 0.213 e. The third-order valence-corrected chi connectivity index (χ3v) is 15.0. The third kappa shape index (κ3) is 10.9. The van der Waals surface area contributed by atoms with Gasteiger partial charge in [-0.05, 0) is 72.4 Å². The Morgan fingerprint density at radius 2 is 0.861 bits per heavy atom. The summed E-state index contributed by atoms with van der Waals surface area (Å²) in [5.41, 5.74) is 7.85. The average Bonchev–Trinajstić information content (AvgIpc) is 3.34. The molecular weight excluding hydrogens is 517 g/mol. The van der Waals surface area contributed by atoms with E-state index in [4.69, 9.17) is 0 Å². The van der Waals surface area contributed by atoms with Crippen molar-refractivity contribution in [2.75, 3.05) is 12.3 Å². The van der Waals surface area contributed by atoms with Gasteiger partial charge in [-0.25, -0.2) is 12.1 Å². The minimum atomic E-state index is -0.109. The van der Waals surface area contributed by atoms with E-state index in [1.54, 1.807) is 12.3 Å². The van der Waals surface area contributed by atoms with Crippen molar-refractivity contribution >= 4 is 15.8 Å². The van der Waals surface area contributed by atoms with E-state index in [0.29, 0.717) is 5.92 Å². The van der Waals surface area contributed by atoms with E-state index in [1.807, 2.05) is 0 Å². The molecule has 3 heteroatoms. The zero-order chi connectivity index (χ0) is 25.8. The summed E-state index contributed by atoms with van der Waals surface area (Å²) in [6.07, 6.45) is 4.61. The average molecular weight is 569 g/mol. The Kier molecular flexibility index (Phi) is 16.2. The Hall–Kier alpha value is -0.844. The second kappa shape index (κ2) is 17.6. The summed E-state index contributed by atoms with van der Waals surface area (Å²) in [5, 5.41) is 0. The molecule has 0 N–H and O–H groups in total. The first-order valence-corrected chi connectivity index (χ1v) is 17.5. The molecule has 3 rings (SSSR count). The van der Waals surface area contributed by atoms with E-state index < -0.39 is 0 Å². The maximum absolute atomic E-state index is 2.44. The molecule has 36 heavy (non-hydrogen) atoms. The zero-order valence-corrected chi connectivity index (χ0v) is 27.0. The molecule has 0 nitrogen and oxygen atoms in total. The topological polar surface area (TPSA) is 0 Å². The normalized spacial score (nSPS) is 11.5. The molecule has 3 aromatic carbocycles. The van der Waals surface area contributed by atoms with Crippen LogP contribution in [0.2, 0.25) is 0 Å². The fraction of sp³-hybridized carbons (Fsp3) is 0.485. The molecule has 0 saturated heterocycles. The van der Waals surface area contributed by atoms with E-state index in [0.717, 1.165) is 22.6 Å². The fourth-order valence-electron chi connectivity index (χ4n) is 5.43. The van der Waals surface area contributed by atoms with Gasteiger partial charge in [0.2, 0.25) is 0 Å². The number of hydrogen-bond donors (Lipinski definition) is 0. The van der Waals surface area contributed by atoms with Crippen LogP contribution < -0.4 is 0 Å². The van der Waals surface area contributed by atoms with Crippen molar-refractivity contribution in [3.8, 4) is 0 Å². The molecule has 0 fully saturated rings. The Labute approximate surface area is 236 Å². The van der Waals surface area contributed by atoms with Crippen LogP contribution in [0.1, 0.15) is 84.4 Å². The number of rotatable bonds is 11. The summed E-state index contributed by atoms with van der Waals surface area (Å²) < 4.78 is 0. The van der Waals surface area contributed by atoms with E-state index in [2.05, 4.69) is 140 Å². The van der Waals surface area contributed by atoms with Crippen LogP contribution in [0.25, 0.3) is 0 Å². The van der Waals surface area contributed by atoms with Gasteiger partial charge < -0.3 is 0 Å². The van der Waals surface area contributed by atoms with Crippen LogP contribution in [0.3, 0.4) is 0 Å². The third-order valence-electron chi connectivity index (χ3n) is 7.18. The fourth-order valence-corrected chi connectivity index (χ4v) is 11.9. The molecule has 1 radical (unpaired) electrons. The van der Waals surface area contributed by atoms with Gasteiger partial charge >= 0.3 is 0 Å². The van der Waals surface area contributed by atoms with Gasteiger partial charge in [-0.2, -0.15) is 12.1 Å². The van der Waals surface area contributed by atoms with Crippen molar-refractivity contribution in [2.45, 2.75) is 90.4 Å². The van der Waals surface area contributed by atoms with Crippen molar-refractivity contribution < 1.29 is 16.8 Å². The molecule has 0 unspecified atom stereocenters. The Bertz CT molecular complexity index is 826. The van der Waals surface area contributed by atoms with Gasteiger partial charge in [-0.1, -0.05) is 60.7 Å². The van der Waals surface area contributed by atoms with Gasteiger partial charge in [0.05, 0.1) is 35.0 Å². The maximum atomic E-state index is 2.44. The van der Waals surface area contributed by atoms with Crippen LogP contribution in [0.15, 0.2) is 84.9 Å². The predicted octanol–water partition coefficient (Wildman–Crippen LogP) is 10.0. The molecular formula is C33H51CoP2+. The van der Waals surface area contributed by atoms with Crippen molar-refractivity contribution in [1.82, 2.24) is 0 Å². The minimum Gasteiger partial charge on any atom is -0.213 e. The molecule has 0 bridgehead atoms. The van der Waals surface area contributed by atoms with Crippen LogP contribution >= 0.6 is 15.8 Å². The van der Waals surface area contributed by atoms with E-state index in [9.17, 15) is 0 Å². The van der Waals surface area contributed by atoms with Crippen molar-refractivity contribution in [3.63, 3.8) is 0 Å². The van der Waals surface area contributed by atoms with Gasteiger partial charge in [-0.3, -0.25) is 0 Å². The molecule has 0 heterocycles. The zero-order valence-electron chi connectivity index (χ0n) is 23.9. The monoisotopic (exact) mass is 568 g/mol. The summed E-state index contributed by atoms with van der Waals surface area (Å²) in [6, 6.07) is 30.0. The van der Waals surface area contributed by atoms with Gasteiger partial charge in [-0.15, -0.1) is 5.56 Å². The molecule has 3 aromatic rings. The molecule has 0 aliphatic carbocycles. The Morgan fingerprint density at radius 1 is 0.528 bits per heavy atom. The van der Waals surface area contributed by atoms with Crippen molar-refractivity contribution in [1.29, 1.82) is 0 Å². The summed E-state index contributed by atoms with van der Waals surface area (Å²) >= 11 is 0. The number of benzene rings is 2. The van der Waals surface area contributed by atoms with E-state index >= 15 is 0 Å². The first kappa shape index (κ1) is 33.2. The predicted molar refractivity (Wildman–Crippen MR) is 167 cm³/mol. The minimum absolute atomic E-state index is 0. The van der Waals surface area contributed by atoms with Crippen molar-refractivity contribution in [2.24, 2.45) is 0 Å². The van der Waals surface area contributed by atoms with Crippen LogP contribution in [-0.4, -0.2) is 35.0 Å². The van der Waals surface area contributed by atoms with E-state index in [-0.39, 0.29) is 32.6 Å². The number of hydrogen-bond acceptors (Lipinski definition) is 0. The smallest absolute Gasteiger partial charge is 0.0621 e. The molecule has 0 saturated carbocycles. The van der Waals surface area contributed by atoms with Gasteiger partial charge in [0.25, 0.3) is 0 Å². The van der Waals surface area contributed by atoms with Crippen LogP contribution in [0.4, 0.5) is 0 Å². The molecule has 0 amide bonds. The quantitative estimate of drug-likeness (QED) is 0.160. The standard InChI is InChI=1S/C18H15.C15H34P2.Co/c1-3-9-15(10-4-1)18(17-13-7-8-14-17)16-11-5-2-6-12-16;1-12(2)16(13(3)4)10-9-11-17(14(5)6)15(7)8;/h1-14,18H;12-15H,9-11H2,1-8H3;/q-1;;/p+2. The second-order valence-electron chi connectivity index (χ2n) is 11.1. The van der Waals surface area contributed by atoms with Gasteiger partial charge in [0.1, 0.15) is 0 Å². The summed E-state index contributed by atoms with van der Waals surface area (Å²) in [4.78, 5) is 0. The Balaban J connectivity index is 0.000000352. The molecule has 0 atom stereocenters. The summed E-state index contributed by atoms with van der Waals surface area (Å²) in [7, 11) is -0.217. The van der Waals surface area contributed by atoms with Crippen LogP contribution in [0, 0.1) is 0 Å².